The molecule has 5 heteroatoms. The van der Waals surface area contributed by atoms with Gasteiger partial charge in [-0.15, -0.1) is 0 Å². The molecule has 0 aliphatic heterocycles. The summed E-state index contributed by atoms with van der Waals surface area (Å²) >= 11 is 0. The average Bonchev–Trinajstić information content (AvgIpc) is 2.68. The molecular weight excluding hydrogens is 314 g/mol. The summed E-state index contributed by atoms with van der Waals surface area (Å²) in [6, 6.07) is 19.9. The maximum Gasteiger partial charge on any atom is 0.257 e. The first kappa shape index (κ1) is 16.4. The molecule has 0 saturated carbocycles. The van der Waals surface area contributed by atoms with Crippen LogP contribution in [0.2, 0.25) is 0 Å². The van der Waals surface area contributed by atoms with E-state index in [2.05, 4.69) is 15.6 Å². The number of rotatable bonds is 5. The molecule has 2 amide bonds. The highest BCUT2D eigenvalue weighted by Crippen LogP contribution is 2.12. The Morgan fingerprint density at radius 3 is 2.40 bits per heavy atom. The Labute approximate surface area is 145 Å². The van der Waals surface area contributed by atoms with E-state index in [9.17, 15) is 9.59 Å². The Hall–Kier alpha value is -3.47. The van der Waals surface area contributed by atoms with Crippen molar-refractivity contribution in [2.45, 2.75) is 6.54 Å². The second-order valence-corrected chi connectivity index (χ2v) is 5.44. The van der Waals surface area contributed by atoms with E-state index < -0.39 is 0 Å². The fourth-order valence-electron chi connectivity index (χ4n) is 2.32. The summed E-state index contributed by atoms with van der Waals surface area (Å²) in [6.45, 7) is 0.450. The van der Waals surface area contributed by atoms with Crippen LogP contribution >= 0.6 is 0 Å². The molecule has 0 radical (unpaired) electrons. The summed E-state index contributed by atoms with van der Waals surface area (Å²) in [5.74, 6) is -0.462. The van der Waals surface area contributed by atoms with Crippen LogP contribution < -0.4 is 10.6 Å². The quantitative estimate of drug-likeness (QED) is 0.754. The van der Waals surface area contributed by atoms with Crippen molar-refractivity contribution in [2.75, 3.05) is 5.32 Å². The summed E-state index contributed by atoms with van der Waals surface area (Å²) in [5, 5.41) is 5.63. The van der Waals surface area contributed by atoms with Crippen molar-refractivity contribution in [1.82, 2.24) is 10.3 Å². The molecule has 0 unspecified atom stereocenters. The lowest BCUT2D eigenvalue weighted by molar-refractivity contribution is 0.0949. The lowest BCUT2D eigenvalue weighted by Gasteiger charge is -2.08. The fraction of sp³-hybridized carbons (Fsp3) is 0.0500. The van der Waals surface area contributed by atoms with Crippen LogP contribution in [0.15, 0.2) is 79.1 Å². The Balaban J connectivity index is 1.64. The molecule has 3 rings (SSSR count). The van der Waals surface area contributed by atoms with Crippen LogP contribution in [-0.4, -0.2) is 16.8 Å². The van der Waals surface area contributed by atoms with E-state index in [0.717, 1.165) is 5.56 Å². The van der Waals surface area contributed by atoms with Gasteiger partial charge in [-0.3, -0.25) is 14.6 Å². The smallest absolute Gasteiger partial charge is 0.257 e. The molecule has 0 bridgehead atoms. The van der Waals surface area contributed by atoms with Crippen LogP contribution in [0, 0.1) is 0 Å². The van der Waals surface area contributed by atoms with E-state index in [1.807, 2.05) is 30.3 Å². The van der Waals surface area contributed by atoms with Gasteiger partial charge in [0.05, 0.1) is 5.56 Å². The molecule has 1 aromatic heterocycles. The minimum absolute atomic E-state index is 0.193. The first-order valence-electron chi connectivity index (χ1n) is 7.86. The molecule has 25 heavy (non-hydrogen) atoms. The highest BCUT2D eigenvalue weighted by atomic mass is 16.2. The normalized spacial score (nSPS) is 10.1. The Bertz CT molecular complexity index is 864. The van der Waals surface area contributed by atoms with Crippen LogP contribution in [0.1, 0.15) is 26.3 Å². The lowest BCUT2D eigenvalue weighted by Crippen LogP contribution is -2.23. The summed E-state index contributed by atoms with van der Waals surface area (Å²) in [4.78, 5) is 28.4. The zero-order valence-corrected chi connectivity index (χ0v) is 13.5. The van der Waals surface area contributed by atoms with Gasteiger partial charge >= 0.3 is 0 Å². The highest BCUT2D eigenvalue weighted by molar-refractivity contribution is 6.04. The molecule has 5 nitrogen and oxygen atoms in total. The largest absolute Gasteiger partial charge is 0.348 e. The van der Waals surface area contributed by atoms with E-state index >= 15 is 0 Å². The molecule has 0 spiro atoms. The van der Waals surface area contributed by atoms with Crippen LogP contribution in [0.25, 0.3) is 0 Å². The zero-order valence-electron chi connectivity index (χ0n) is 13.5. The van der Waals surface area contributed by atoms with Crippen molar-refractivity contribution in [2.24, 2.45) is 0 Å². The Kier molecular flexibility index (Phi) is 5.16. The third-order valence-corrected chi connectivity index (χ3v) is 3.60. The van der Waals surface area contributed by atoms with Gasteiger partial charge in [-0.25, -0.2) is 0 Å². The third kappa shape index (κ3) is 4.51. The zero-order chi connectivity index (χ0) is 17.5. The Morgan fingerprint density at radius 1 is 0.840 bits per heavy atom. The standard InChI is InChI=1S/C20H17N3O2/c24-19(22-13-15-6-2-1-3-7-15)16-8-4-10-18(12-16)23-20(25)17-9-5-11-21-14-17/h1-12,14H,13H2,(H,22,24)(H,23,25). The van der Waals surface area contributed by atoms with Gasteiger partial charge in [0, 0.05) is 30.2 Å². The van der Waals surface area contributed by atoms with E-state index in [4.69, 9.17) is 0 Å². The molecule has 0 saturated heterocycles. The van der Waals surface area contributed by atoms with Gasteiger partial charge in [0.2, 0.25) is 0 Å². The Morgan fingerprint density at radius 2 is 1.64 bits per heavy atom. The van der Waals surface area contributed by atoms with Gasteiger partial charge in [-0.1, -0.05) is 36.4 Å². The number of aromatic nitrogens is 1. The minimum Gasteiger partial charge on any atom is -0.348 e. The minimum atomic E-state index is -0.269. The highest BCUT2D eigenvalue weighted by Gasteiger charge is 2.09. The van der Waals surface area contributed by atoms with Gasteiger partial charge in [-0.05, 0) is 35.9 Å². The lowest BCUT2D eigenvalue weighted by atomic mass is 10.1. The van der Waals surface area contributed by atoms with Gasteiger partial charge in [0.15, 0.2) is 0 Å². The van der Waals surface area contributed by atoms with E-state index in [1.165, 1.54) is 6.20 Å². The second kappa shape index (κ2) is 7.88. The predicted molar refractivity (Wildman–Crippen MR) is 96.2 cm³/mol. The number of carbonyl (C=O) groups excluding carboxylic acids is 2. The number of pyridine rings is 1. The van der Waals surface area contributed by atoms with E-state index in [0.29, 0.717) is 23.4 Å². The SMILES string of the molecule is O=C(NCc1ccccc1)c1cccc(NC(=O)c2cccnc2)c1. The third-order valence-electron chi connectivity index (χ3n) is 3.60. The maximum atomic E-state index is 12.3. The van der Waals surface area contributed by atoms with Gasteiger partial charge in [-0.2, -0.15) is 0 Å². The summed E-state index contributed by atoms with van der Waals surface area (Å²) in [6.07, 6.45) is 3.10. The van der Waals surface area contributed by atoms with Crippen LogP contribution in [0.5, 0.6) is 0 Å². The summed E-state index contributed by atoms with van der Waals surface area (Å²) in [5.41, 5.74) is 2.53. The van der Waals surface area contributed by atoms with Crippen molar-refractivity contribution >= 4 is 17.5 Å². The van der Waals surface area contributed by atoms with Crippen molar-refractivity contribution in [3.05, 3.63) is 95.8 Å². The molecule has 124 valence electrons. The topological polar surface area (TPSA) is 71.1 Å². The summed E-state index contributed by atoms with van der Waals surface area (Å²) in [7, 11) is 0. The van der Waals surface area contributed by atoms with Gasteiger partial charge < -0.3 is 10.6 Å². The van der Waals surface area contributed by atoms with Crippen molar-refractivity contribution in [3.63, 3.8) is 0 Å². The first-order valence-corrected chi connectivity index (χ1v) is 7.86. The number of nitrogens with zero attached hydrogens (tertiary/aromatic N) is 1. The maximum absolute atomic E-state index is 12.3. The van der Waals surface area contributed by atoms with Gasteiger partial charge in [0.1, 0.15) is 0 Å². The molecular formula is C20H17N3O2. The van der Waals surface area contributed by atoms with Crippen molar-refractivity contribution in [3.8, 4) is 0 Å². The molecule has 0 aliphatic carbocycles. The van der Waals surface area contributed by atoms with Crippen molar-refractivity contribution in [1.29, 1.82) is 0 Å². The molecule has 3 aromatic rings. The number of anilines is 1. The number of hydrogen-bond acceptors (Lipinski definition) is 3. The van der Waals surface area contributed by atoms with E-state index in [1.54, 1.807) is 42.6 Å². The molecule has 2 N–H and O–H groups in total. The molecule has 1 heterocycles. The number of amides is 2. The monoisotopic (exact) mass is 331 g/mol. The number of hydrogen-bond donors (Lipinski definition) is 2. The van der Waals surface area contributed by atoms with Crippen molar-refractivity contribution < 1.29 is 9.59 Å². The second-order valence-electron chi connectivity index (χ2n) is 5.44. The fourth-order valence-corrected chi connectivity index (χ4v) is 2.32. The number of benzene rings is 2. The predicted octanol–water partition coefficient (Wildman–Crippen LogP) is 3.26. The number of carbonyl (C=O) groups is 2. The first-order chi connectivity index (χ1) is 12.2. The number of nitrogens with one attached hydrogen (secondary N) is 2. The molecule has 0 atom stereocenters. The van der Waals surface area contributed by atoms with Crippen LogP contribution in [0.3, 0.4) is 0 Å². The molecule has 0 fully saturated rings. The summed E-state index contributed by atoms with van der Waals surface area (Å²) < 4.78 is 0. The van der Waals surface area contributed by atoms with E-state index in [-0.39, 0.29) is 11.8 Å². The van der Waals surface area contributed by atoms with Crippen LogP contribution in [0.4, 0.5) is 5.69 Å². The molecule has 0 aliphatic rings. The average molecular weight is 331 g/mol. The van der Waals surface area contributed by atoms with Crippen LogP contribution in [-0.2, 0) is 6.54 Å². The van der Waals surface area contributed by atoms with Gasteiger partial charge in [0.25, 0.3) is 11.8 Å². The molecule has 2 aromatic carbocycles.